The fourth-order valence-electron chi connectivity index (χ4n) is 7.97. The van der Waals surface area contributed by atoms with Crippen LogP contribution in [-0.2, 0) is 19.7 Å². The van der Waals surface area contributed by atoms with Crippen LogP contribution in [0, 0.1) is 17.8 Å². The molecule has 3 saturated carbocycles. The lowest BCUT2D eigenvalue weighted by molar-refractivity contribution is -0.153. The van der Waals surface area contributed by atoms with Crippen LogP contribution in [-0.4, -0.2) is 58.9 Å². The van der Waals surface area contributed by atoms with Crippen molar-refractivity contribution in [3.63, 3.8) is 0 Å². The molecule has 0 unspecified atom stereocenters. The van der Waals surface area contributed by atoms with Gasteiger partial charge in [-0.15, -0.1) is 0 Å². The van der Waals surface area contributed by atoms with Gasteiger partial charge in [-0.05, 0) is 73.6 Å². The van der Waals surface area contributed by atoms with Crippen LogP contribution in [0.5, 0.6) is 0 Å². The zero-order valence-electron chi connectivity index (χ0n) is 22.7. The Labute approximate surface area is 233 Å². The van der Waals surface area contributed by atoms with Crippen molar-refractivity contribution in [2.24, 2.45) is 17.8 Å². The van der Waals surface area contributed by atoms with Gasteiger partial charge in [-0.25, -0.2) is 4.98 Å². The Morgan fingerprint density at radius 3 is 2.55 bits per heavy atom. The second-order valence-corrected chi connectivity index (χ2v) is 11.9. The molecule has 2 aromatic heterocycles. The van der Waals surface area contributed by atoms with Crippen LogP contribution in [0.15, 0.2) is 54.9 Å². The van der Waals surface area contributed by atoms with Crippen molar-refractivity contribution in [2.45, 2.75) is 50.0 Å². The van der Waals surface area contributed by atoms with Crippen molar-refractivity contribution in [3.8, 4) is 0 Å². The number of benzene rings is 1. The lowest BCUT2D eigenvalue weighted by Crippen LogP contribution is -2.56. The number of carbonyl (C=O) groups is 3. The highest BCUT2D eigenvalue weighted by atomic mass is 16.5. The Morgan fingerprint density at radius 2 is 1.77 bits per heavy atom. The van der Waals surface area contributed by atoms with Crippen molar-refractivity contribution in [2.75, 3.05) is 20.2 Å². The van der Waals surface area contributed by atoms with Crippen molar-refractivity contribution >= 4 is 34.4 Å². The molecule has 2 amide bonds. The Morgan fingerprint density at radius 1 is 1.02 bits per heavy atom. The molecule has 3 heterocycles. The molecule has 8 rings (SSSR count). The summed E-state index contributed by atoms with van der Waals surface area (Å²) in [7, 11) is 1.44. The largest absolute Gasteiger partial charge is 0.469 e. The number of pyridine rings is 1. The summed E-state index contributed by atoms with van der Waals surface area (Å²) in [4.78, 5) is 49.4. The van der Waals surface area contributed by atoms with Crippen molar-refractivity contribution in [3.05, 3.63) is 71.6 Å². The number of hydrogen-bond donors (Lipinski definition) is 2. The molecule has 1 aromatic carbocycles. The van der Waals surface area contributed by atoms with Gasteiger partial charge in [0.05, 0.1) is 18.6 Å². The van der Waals surface area contributed by atoms with E-state index in [2.05, 4.69) is 27.4 Å². The van der Waals surface area contributed by atoms with Crippen LogP contribution < -0.4 is 5.32 Å². The molecule has 0 radical (unpaired) electrons. The molecule has 2 atom stereocenters. The van der Waals surface area contributed by atoms with Gasteiger partial charge in [0.15, 0.2) is 0 Å². The predicted octanol–water partition coefficient (Wildman–Crippen LogP) is 4.23. The summed E-state index contributed by atoms with van der Waals surface area (Å²) in [6, 6.07) is 11.6. The molecule has 4 aliphatic carbocycles. The average molecular weight is 539 g/mol. The van der Waals surface area contributed by atoms with Crippen LogP contribution in [0.1, 0.15) is 60.0 Å². The molecule has 2 N–H and O–H groups in total. The van der Waals surface area contributed by atoms with E-state index in [-0.39, 0.29) is 41.1 Å². The van der Waals surface area contributed by atoms with E-state index in [9.17, 15) is 14.4 Å². The quantitative estimate of drug-likeness (QED) is 0.484. The number of rotatable bonds is 4. The third kappa shape index (κ3) is 3.87. The number of H-pyrrole nitrogens is 1. The molecule has 1 saturated heterocycles. The number of methoxy groups -OCH3 is 1. The van der Waals surface area contributed by atoms with Gasteiger partial charge in [-0.1, -0.05) is 30.3 Å². The average Bonchev–Trinajstić information content (AvgIpc) is 3.61. The van der Waals surface area contributed by atoms with Gasteiger partial charge in [0.1, 0.15) is 5.65 Å². The van der Waals surface area contributed by atoms with Crippen LogP contribution in [0.4, 0.5) is 0 Å². The number of piperidine rings is 1. The van der Waals surface area contributed by atoms with E-state index in [4.69, 9.17) is 4.74 Å². The molecule has 1 aliphatic heterocycles. The van der Waals surface area contributed by atoms with Gasteiger partial charge in [0.2, 0.25) is 0 Å². The van der Waals surface area contributed by atoms with E-state index < -0.39 is 0 Å². The maximum absolute atomic E-state index is 13.9. The SMILES string of the molecule is COC(=O)[C@H]1C2CCC(CC2)[C@@H]1NC(=O)C1=CC2(CCN(C(=O)c3ccnc4[nH]ccc34)CC2)c2ccccc21. The number of hydrogen-bond acceptors (Lipinski definition) is 5. The van der Waals surface area contributed by atoms with E-state index in [0.717, 1.165) is 55.0 Å². The summed E-state index contributed by atoms with van der Waals surface area (Å²) in [5, 5.41) is 4.13. The molecular formula is C32H34N4O4. The van der Waals surface area contributed by atoms with E-state index >= 15 is 0 Å². The number of allylic oxidation sites excluding steroid dienone is 1. The zero-order valence-corrected chi connectivity index (χ0v) is 22.7. The number of esters is 1. The van der Waals surface area contributed by atoms with E-state index in [1.165, 1.54) is 7.11 Å². The first-order valence-electron chi connectivity index (χ1n) is 14.4. The minimum Gasteiger partial charge on any atom is -0.469 e. The number of likely N-dealkylation sites (tertiary alicyclic amines) is 1. The molecule has 4 fully saturated rings. The second-order valence-electron chi connectivity index (χ2n) is 11.9. The van der Waals surface area contributed by atoms with Gasteiger partial charge in [0.25, 0.3) is 11.8 Å². The Bertz CT molecular complexity index is 1520. The number of aromatic amines is 1. The summed E-state index contributed by atoms with van der Waals surface area (Å²) in [5.41, 5.74) is 3.87. The fourth-order valence-corrected chi connectivity index (χ4v) is 7.97. The third-order valence-corrected chi connectivity index (χ3v) is 10.0. The Hall–Kier alpha value is -3.94. The van der Waals surface area contributed by atoms with Gasteiger partial charge in [-0.2, -0.15) is 0 Å². The lowest BCUT2D eigenvalue weighted by atomic mass is 9.61. The number of amides is 2. The monoisotopic (exact) mass is 538 g/mol. The standard InChI is InChI=1S/C32H34N4O4/c1-40-31(39)26-19-6-8-20(9-7-19)27(26)35-29(37)24-18-32(25-5-3-2-4-21(24)25)12-16-36(17-13-32)30(38)23-11-15-34-28-22(23)10-14-33-28/h2-5,10-11,14-15,18-20,26-27H,6-9,12-13,16-17H2,1H3,(H,33,34)(H,35,37)/t19?,20?,26-,27-/m0/s1. The number of fused-ring (bicyclic) bond motifs is 6. The van der Waals surface area contributed by atoms with E-state index in [0.29, 0.717) is 35.8 Å². The molecule has 1 spiro atoms. The molecule has 5 aliphatic rings. The Balaban J connectivity index is 1.13. The van der Waals surface area contributed by atoms with Crippen molar-refractivity contribution < 1.29 is 19.1 Å². The van der Waals surface area contributed by atoms with E-state index in [1.807, 2.05) is 29.2 Å². The van der Waals surface area contributed by atoms with E-state index in [1.54, 1.807) is 18.5 Å². The van der Waals surface area contributed by atoms with Gasteiger partial charge < -0.3 is 19.9 Å². The number of aromatic nitrogens is 2. The molecular weight excluding hydrogens is 504 g/mol. The summed E-state index contributed by atoms with van der Waals surface area (Å²) in [6.07, 6.45) is 11.2. The summed E-state index contributed by atoms with van der Waals surface area (Å²) in [6.45, 7) is 1.20. The molecule has 8 heteroatoms. The van der Waals surface area contributed by atoms with Crippen molar-refractivity contribution in [1.82, 2.24) is 20.2 Å². The number of nitrogens with one attached hydrogen (secondary N) is 2. The number of nitrogens with zero attached hydrogens (tertiary/aromatic N) is 2. The topological polar surface area (TPSA) is 104 Å². The molecule has 2 bridgehead atoms. The minimum atomic E-state index is -0.297. The third-order valence-electron chi connectivity index (χ3n) is 10.0. The molecule has 8 nitrogen and oxygen atoms in total. The predicted molar refractivity (Wildman–Crippen MR) is 150 cm³/mol. The van der Waals surface area contributed by atoms with Crippen molar-refractivity contribution in [1.29, 1.82) is 0 Å². The smallest absolute Gasteiger partial charge is 0.311 e. The minimum absolute atomic E-state index is 0.0104. The zero-order chi connectivity index (χ0) is 27.4. The first-order chi connectivity index (χ1) is 19.5. The van der Waals surface area contributed by atoms with Crippen LogP contribution in [0.25, 0.3) is 16.6 Å². The fraction of sp³-hybridized carbons (Fsp3) is 0.438. The first-order valence-corrected chi connectivity index (χ1v) is 14.4. The van der Waals surface area contributed by atoms with Gasteiger partial charge in [0, 0.05) is 47.9 Å². The Kier molecular flexibility index (Phi) is 6.02. The molecule has 3 aromatic rings. The normalized spacial score (nSPS) is 26.4. The number of ether oxygens (including phenoxy) is 1. The van der Waals surface area contributed by atoms with Crippen LogP contribution in [0.3, 0.4) is 0 Å². The van der Waals surface area contributed by atoms with Gasteiger partial charge in [-0.3, -0.25) is 14.4 Å². The highest BCUT2D eigenvalue weighted by Crippen LogP contribution is 2.49. The first kappa shape index (κ1) is 25.1. The van der Waals surface area contributed by atoms with Gasteiger partial charge >= 0.3 is 5.97 Å². The number of carbonyl (C=O) groups excluding carboxylic acids is 3. The highest BCUT2D eigenvalue weighted by molar-refractivity contribution is 6.21. The maximum atomic E-state index is 13.9. The van der Waals surface area contributed by atoms with Crippen LogP contribution in [0.2, 0.25) is 0 Å². The summed E-state index contributed by atoms with van der Waals surface area (Å²) >= 11 is 0. The summed E-state index contributed by atoms with van der Waals surface area (Å²) in [5.74, 6) is -0.00852. The lowest BCUT2D eigenvalue weighted by Gasteiger charge is -2.47. The van der Waals surface area contributed by atoms with Crippen LogP contribution >= 0.6 is 0 Å². The second kappa shape index (κ2) is 9.61. The highest BCUT2D eigenvalue weighted by Gasteiger charge is 2.49. The molecule has 206 valence electrons. The molecule has 40 heavy (non-hydrogen) atoms. The summed E-state index contributed by atoms with van der Waals surface area (Å²) < 4.78 is 5.16. The maximum Gasteiger partial charge on any atom is 0.311 e.